The van der Waals surface area contributed by atoms with Crippen molar-refractivity contribution in [2.24, 2.45) is 0 Å². The summed E-state index contributed by atoms with van der Waals surface area (Å²) in [5, 5.41) is 3.69. The van der Waals surface area contributed by atoms with E-state index >= 15 is 0 Å². The second kappa shape index (κ2) is 9.00. The second-order valence-corrected chi connectivity index (χ2v) is 7.21. The normalized spacial score (nSPS) is 15.5. The Kier molecular flexibility index (Phi) is 6.46. The maximum absolute atomic E-state index is 12.4. The third-order valence-electron chi connectivity index (χ3n) is 4.51. The van der Waals surface area contributed by atoms with Crippen molar-refractivity contribution >= 4 is 23.5 Å². The van der Waals surface area contributed by atoms with Gasteiger partial charge in [-0.1, -0.05) is 6.07 Å². The molecule has 1 aliphatic heterocycles. The largest absolute Gasteiger partial charge is 0.355 e. The van der Waals surface area contributed by atoms with Crippen molar-refractivity contribution in [3.8, 4) is 0 Å². The van der Waals surface area contributed by atoms with Gasteiger partial charge in [-0.3, -0.25) is 4.79 Å². The van der Waals surface area contributed by atoms with Crippen molar-refractivity contribution in [2.75, 3.05) is 44.4 Å². The molecule has 1 N–H and O–H groups in total. The number of nitrogens with one attached hydrogen (secondary N) is 1. The van der Waals surface area contributed by atoms with E-state index in [1.54, 1.807) is 18.3 Å². The molecule has 0 aliphatic carbocycles. The summed E-state index contributed by atoms with van der Waals surface area (Å²) < 4.78 is 0. The van der Waals surface area contributed by atoms with Crippen LogP contribution < -0.4 is 10.2 Å². The Balaban J connectivity index is 1.58. The van der Waals surface area contributed by atoms with Crippen LogP contribution in [0.3, 0.4) is 0 Å². The number of amides is 1. The first-order chi connectivity index (χ1) is 12.7. The Bertz CT molecular complexity index is 737. The first kappa shape index (κ1) is 18.7. The Hall–Kier alpha value is -2.12. The van der Waals surface area contributed by atoms with Crippen molar-refractivity contribution in [3.63, 3.8) is 0 Å². The zero-order valence-corrected chi connectivity index (χ0v) is 16.1. The van der Waals surface area contributed by atoms with E-state index < -0.39 is 0 Å². The molecule has 3 rings (SSSR count). The molecule has 1 amide bonds. The average Bonchev–Trinajstić information content (AvgIpc) is 2.91. The first-order valence-electron chi connectivity index (χ1n) is 8.83. The lowest BCUT2D eigenvalue weighted by Gasteiger charge is -2.21. The van der Waals surface area contributed by atoms with Gasteiger partial charge in [0.25, 0.3) is 5.91 Å². The summed E-state index contributed by atoms with van der Waals surface area (Å²) in [6.45, 7) is 4.68. The monoisotopic (exact) mass is 371 g/mol. The predicted molar refractivity (Wildman–Crippen MR) is 106 cm³/mol. The van der Waals surface area contributed by atoms with Crippen molar-refractivity contribution in [1.82, 2.24) is 20.2 Å². The van der Waals surface area contributed by atoms with Crippen LogP contribution in [0, 0.1) is 0 Å². The Morgan fingerprint density at radius 1 is 1.19 bits per heavy atom. The smallest absolute Gasteiger partial charge is 0.254 e. The number of likely N-dealkylation sites (N-methyl/N-ethyl adjacent to an activating group) is 1. The van der Waals surface area contributed by atoms with E-state index in [2.05, 4.69) is 32.1 Å². The third-order valence-corrected chi connectivity index (χ3v) is 5.23. The van der Waals surface area contributed by atoms with Crippen LogP contribution in [0.5, 0.6) is 0 Å². The molecule has 0 radical (unpaired) electrons. The van der Waals surface area contributed by atoms with Crippen LogP contribution in [0.25, 0.3) is 0 Å². The molecule has 0 unspecified atom stereocenters. The molecule has 7 heteroatoms. The Labute approximate surface area is 159 Å². The molecule has 138 valence electrons. The molecule has 1 saturated heterocycles. The number of hydrogen-bond acceptors (Lipinski definition) is 6. The fraction of sp³-hybridized carbons (Fsp3) is 0.421. The van der Waals surface area contributed by atoms with Gasteiger partial charge in [-0.15, -0.1) is 11.8 Å². The molecular weight excluding hydrogens is 346 g/mol. The van der Waals surface area contributed by atoms with Crippen LogP contribution in [0.1, 0.15) is 22.3 Å². The predicted octanol–water partition coefficient (Wildman–Crippen LogP) is 2.27. The summed E-state index contributed by atoms with van der Waals surface area (Å²) in [6, 6.07) is 7.66. The molecule has 1 aliphatic rings. The summed E-state index contributed by atoms with van der Waals surface area (Å²) in [5.74, 6) is 0.898. The van der Waals surface area contributed by atoms with Gasteiger partial charge in [0, 0.05) is 38.6 Å². The summed E-state index contributed by atoms with van der Waals surface area (Å²) in [6.07, 6.45) is 6.62. The number of carbonyl (C=O) groups excluding carboxylic acids is 1. The third kappa shape index (κ3) is 4.74. The summed E-state index contributed by atoms with van der Waals surface area (Å²) in [4.78, 5) is 25.9. The molecule has 26 heavy (non-hydrogen) atoms. The zero-order valence-electron chi connectivity index (χ0n) is 15.3. The van der Waals surface area contributed by atoms with E-state index in [-0.39, 0.29) is 5.91 Å². The maximum Gasteiger partial charge on any atom is 0.254 e. The highest BCUT2D eigenvalue weighted by Gasteiger charge is 2.14. The highest BCUT2D eigenvalue weighted by Crippen LogP contribution is 2.17. The maximum atomic E-state index is 12.4. The number of thioether (sulfide) groups is 1. The van der Waals surface area contributed by atoms with Crippen LogP contribution >= 0.6 is 11.8 Å². The topological polar surface area (TPSA) is 61.4 Å². The van der Waals surface area contributed by atoms with Crippen molar-refractivity contribution in [2.45, 2.75) is 18.0 Å². The standard InChI is InChI=1S/C19H25N5OS/c1-23-9-4-10-24(12-11-23)17-7-6-15(13-21-17)14-22-18(25)16-5-3-8-20-19(16)26-2/h3,5-8,13H,4,9-12,14H2,1-2H3,(H,22,25). The highest BCUT2D eigenvalue weighted by atomic mass is 32.2. The van der Waals surface area contributed by atoms with Crippen LogP contribution in [0.15, 0.2) is 41.7 Å². The van der Waals surface area contributed by atoms with Crippen LogP contribution in [-0.4, -0.2) is 60.3 Å². The molecule has 2 aromatic rings. The van der Waals surface area contributed by atoms with Gasteiger partial charge >= 0.3 is 0 Å². The molecular formula is C19H25N5OS. The van der Waals surface area contributed by atoms with Gasteiger partial charge in [0.2, 0.25) is 0 Å². The molecule has 0 spiro atoms. The molecule has 6 nitrogen and oxygen atoms in total. The van der Waals surface area contributed by atoms with Gasteiger partial charge in [0.05, 0.1) is 5.56 Å². The number of pyridine rings is 2. The number of hydrogen-bond donors (Lipinski definition) is 1. The molecule has 3 heterocycles. The van der Waals surface area contributed by atoms with E-state index in [4.69, 9.17) is 0 Å². The Morgan fingerprint density at radius 2 is 2.08 bits per heavy atom. The number of aromatic nitrogens is 2. The van der Waals surface area contributed by atoms with Crippen molar-refractivity contribution in [3.05, 3.63) is 47.8 Å². The van der Waals surface area contributed by atoms with Crippen LogP contribution in [0.2, 0.25) is 0 Å². The second-order valence-electron chi connectivity index (χ2n) is 6.41. The minimum absolute atomic E-state index is 0.109. The lowest BCUT2D eigenvalue weighted by Crippen LogP contribution is -2.29. The van der Waals surface area contributed by atoms with E-state index in [1.807, 2.05) is 24.6 Å². The molecule has 0 atom stereocenters. The minimum Gasteiger partial charge on any atom is -0.355 e. The lowest BCUT2D eigenvalue weighted by atomic mass is 10.2. The fourth-order valence-corrected chi connectivity index (χ4v) is 3.53. The van der Waals surface area contributed by atoms with E-state index in [1.165, 1.54) is 11.8 Å². The number of anilines is 1. The van der Waals surface area contributed by atoms with Gasteiger partial charge < -0.3 is 15.1 Å². The highest BCUT2D eigenvalue weighted by molar-refractivity contribution is 7.98. The summed E-state index contributed by atoms with van der Waals surface area (Å²) >= 11 is 1.47. The molecule has 1 fully saturated rings. The van der Waals surface area contributed by atoms with Crippen LogP contribution in [0.4, 0.5) is 5.82 Å². The fourth-order valence-electron chi connectivity index (χ4n) is 2.99. The molecule has 2 aromatic heterocycles. The van der Waals surface area contributed by atoms with Gasteiger partial charge in [-0.2, -0.15) is 0 Å². The van der Waals surface area contributed by atoms with E-state index in [9.17, 15) is 4.79 Å². The van der Waals surface area contributed by atoms with E-state index in [0.717, 1.165) is 49.0 Å². The average molecular weight is 372 g/mol. The zero-order chi connectivity index (χ0) is 18.4. The van der Waals surface area contributed by atoms with Gasteiger partial charge in [-0.05, 0) is 50.0 Å². The lowest BCUT2D eigenvalue weighted by molar-refractivity contribution is 0.0947. The number of nitrogens with zero attached hydrogens (tertiary/aromatic N) is 4. The van der Waals surface area contributed by atoms with E-state index in [0.29, 0.717) is 12.1 Å². The van der Waals surface area contributed by atoms with Gasteiger partial charge in [0.15, 0.2) is 0 Å². The first-order valence-corrected chi connectivity index (χ1v) is 10.1. The molecule has 0 bridgehead atoms. The summed E-state index contributed by atoms with van der Waals surface area (Å²) in [5.41, 5.74) is 1.60. The van der Waals surface area contributed by atoms with Crippen LogP contribution in [-0.2, 0) is 6.54 Å². The van der Waals surface area contributed by atoms with Gasteiger partial charge in [0.1, 0.15) is 10.8 Å². The quantitative estimate of drug-likeness (QED) is 0.814. The van der Waals surface area contributed by atoms with Crippen molar-refractivity contribution in [1.29, 1.82) is 0 Å². The Morgan fingerprint density at radius 3 is 2.85 bits per heavy atom. The van der Waals surface area contributed by atoms with Gasteiger partial charge in [-0.25, -0.2) is 9.97 Å². The SMILES string of the molecule is CSc1ncccc1C(=O)NCc1ccc(N2CCCN(C)CC2)nc1. The number of rotatable bonds is 5. The summed E-state index contributed by atoms with van der Waals surface area (Å²) in [7, 11) is 2.16. The number of carbonyl (C=O) groups is 1. The molecule has 0 saturated carbocycles. The molecule has 0 aromatic carbocycles. The van der Waals surface area contributed by atoms with Crippen molar-refractivity contribution < 1.29 is 4.79 Å². The minimum atomic E-state index is -0.109.